The molecule has 0 aliphatic heterocycles. The van der Waals surface area contributed by atoms with Gasteiger partial charge in [0.1, 0.15) is 0 Å². The first-order chi connectivity index (χ1) is 9.04. The molecule has 2 aromatic rings. The van der Waals surface area contributed by atoms with E-state index in [9.17, 15) is 4.79 Å². The number of hydrogen-bond donors (Lipinski definition) is 0. The molecule has 0 bridgehead atoms. The first-order valence-electron chi connectivity index (χ1n) is 6.20. The number of carbonyl (C=O) groups excluding carboxylic acids is 1. The number of hydrogen-bond acceptors (Lipinski definition) is 2. The maximum atomic E-state index is 11.8. The first-order valence-corrected chi connectivity index (χ1v) is 6.73. The van der Waals surface area contributed by atoms with Gasteiger partial charge in [-0.3, -0.25) is 9.78 Å². The molecule has 0 saturated heterocycles. The Morgan fingerprint density at radius 3 is 2.74 bits per heavy atom. The van der Waals surface area contributed by atoms with Gasteiger partial charge in [0.25, 0.3) is 0 Å². The van der Waals surface area contributed by atoms with Crippen LogP contribution in [0.15, 0.2) is 24.5 Å². The molecule has 100 valence electrons. The van der Waals surface area contributed by atoms with Gasteiger partial charge in [-0.05, 0) is 44.0 Å². The van der Waals surface area contributed by atoms with Crippen molar-refractivity contribution >= 4 is 17.4 Å². The van der Waals surface area contributed by atoms with Gasteiger partial charge >= 0.3 is 0 Å². The van der Waals surface area contributed by atoms with Crippen molar-refractivity contribution in [2.45, 2.75) is 27.3 Å². The van der Waals surface area contributed by atoms with E-state index in [0.29, 0.717) is 5.56 Å². The van der Waals surface area contributed by atoms with E-state index in [1.165, 1.54) is 5.56 Å². The highest BCUT2D eigenvalue weighted by atomic mass is 35.5. The Kier molecular flexibility index (Phi) is 4.05. The zero-order valence-corrected chi connectivity index (χ0v) is 12.2. The predicted octanol–water partition coefficient (Wildman–Crippen LogP) is 3.28. The fourth-order valence-corrected chi connectivity index (χ4v) is 2.38. The Balaban J connectivity index is 2.39. The molecule has 0 aliphatic rings. The van der Waals surface area contributed by atoms with Crippen molar-refractivity contribution in [3.8, 4) is 0 Å². The molecule has 0 atom stereocenters. The summed E-state index contributed by atoms with van der Waals surface area (Å²) in [6, 6.07) is 3.90. The number of pyridine rings is 1. The summed E-state index contributed by atoms with van der Waals surface area (Å²) in [5.74, 6) is -0.000122. The molecular weight excluding hydrogens is 260 g/mol. The number of halogens is 1. The van der Waals surface area contributed by atoms with Crippen molar-refractivity contribution < 1.29 is 4.79 Å². The van der Waals surface area contributed by atoms with Crippen molar-refractivity contribution in [3.63, 3.8) is 0 Å². The monoisotopic (exact) mass is 276 g/mol. The van der Waals surface area contributed by atoms with E-state index in [0.717, 1.165) is 23.5 Å². The number of alkyl halides is 1. The minimum Gasteiger partial charge on any atom is -0.344 e. The fraction of sp³-hybridized carbons (Fsp3) is 0.333. The number of carbonyl (C=O) groups is 1. The van der Waals surface area contributed by atoms with Crippen LogP contribution < -0.4 is 0 Å². The maximum absolute atomic E-state index is 11.8. The van der Waals surface area contributed by atoms with Crippen molar-refractivity contribution in [2.75, 3.05) is 5.88 Å². The molecule has 0 aromatic carbocycles. The third-order valence-electron chi connectivity index (χ3n) is 3.47. The first kappa shape index (κ1) is 13.8. The minimum atomic E-state index is -0.0241. The highest BCUT2D eigenvalue weighted by molar-refractivity contribution is 6.30. The number of Topliss-reactive ketones (excluding diaryl/α,β-unsaturated/α-hetero) is 1. The lowest BCUT2D eigenvalue weighted by atomic mass is 10.1. The smallest absolute Gasteiger partial charge is 0.179 e. The van der Waals surface area contributed by atoms with Crippen LogP contribution in [-0.2, 0) is 6.54 Å². The maximum Gasteiger partial charge on any atom is 0.179 e. The normalized spacial score (nSPS) is 10.7. The molecule has 3 nitrogen and oxygen atoms in total. The molecule has 2 rings (SSSR count). The average Bonchev–Trinajstić information content (AvgIpc) is 2.68. The molecule has 2 heterocycles. The average molecular weight is 277 g/mol. The topological polar surface area (TPSA) is 34.9 Å². The molecular formula is C15H17ClN2O. The fourth-order valence-electron chi connectivity index (χ4n) is 2.23. The molecule has 4 heteroatoms. The predicted molar refractivity (Wildman–Crippen MR) is 77.0 cm³/mol. The van der Waals surface area contributed by atoms with Gasteiger partial charge in [0.2, 0.25) is 0 Å². The zero-order valence-electron chi connectivity index (χ0n) is 11.4. The summed E-state index contributed by atoms with van der Waals surface area (Å²) in [7, 11) is 0. The summed E-state index contributed by atoms with van der Waals surface area (Å²) >= 11 is 5.64. The lowest BCUT2D eigenvalue weighted by Crippen LogP contribution is -2.08. The van der Waals surface area contributed by atoms with Gasteiger partial charge in [0.15, 0.2) is 5.78 Å². The van der Waals surface area contributed by atoms with Crippen molar-refractivity contribution in [1.82, 2.24) is 9.55 Å². The number of nitrogens with zero attached hydrogens (tertiary/aromatic N) is 2. The number of ketones is 1. The third-order valence-corrected chi connectivity index (χ3v) is 3.71. The van der Waals surface area contributed by atoms with Crippen LogP contribution in [-0.4, -0.2) is 21.2 Å². The minimum absolute atomic E-state index is 0.0240. The number of aromatic nitrogens is 2. The Bertz CT molecular complexity index is 617. The summed E-state index contributed by atoms with van der Waals surface area (Å²) < 4.78 is 2.13. The van der Waals surface area contributed by atoms with Crippen LogP contribution in [0.5, 0.6) is 0 Å². The van der Waals surface area contributed by atoms with E-state index in [4.69, 9.17) is 11.6 Å². The van der Waals surface area contributed by atoms with Crippen LogP contribution in [0.25, 0.3) is 0 Å². The molecule has 0 spiro atoms. The summed E-state index contributed by atoms with van der Waals surface area (Å²) in [5.41, 5.74) is 5.11. The van der Waals surface area contributed by atoms with Gasteiger partial charge in [-0.2, -0.15) is 0 Å². The van der Waals surface area contributed by atoms with E-state index in [1.54, 1.807) is 6.20 Å². The van der Waals surface area contributed by atoms with Crippen LogP contribution in [0.4, 0.5) is 0 Å². The third kappa shape index (κ3) is 2.71. The van der Waals surface area contributed by atoms with Crippen LogP contribution >= 0.6 is 11.6 Å². The Morgan fingerprint density at radius 1 is 1.37 bits per heavy atom. The van der Waals surface area contributed by atoms with Crippen LogP contribution in [0, 0.1) is 20.8 Å². The highest BCUT2D eigenvalue weighted by Gasteiger charge is 2.15. The van der Waals surface area contributed by atoms with Gasteiger partial charge in [-0.15, -0.1) is 11.6 Å². The largest absolute Gasteiger partial charge is 0.344 e. The highest BCUT2D eigenvalue weighted by Crippen LogP contribution is 2.19. The van der Waals surface area contributed by atoms with E-state index >= 15 is 0 Å². The second-order valence-electron chi connectivity index (χ2n) is 4.73. The van der Waals surface area contributed by atoms with Crippen LogP contribution in [0.2, 0.25) is 0 Å². The molecule has 0 N–H and O–H groups in total. The molecule has 0 unspecified atom stereocenters. The van der Waals surface area contributed by atoms with Crippen LogP contribution in [0.3, 0.4) is 0 Å². The van der Waals surface area contributed by atoms with E-state index < -0.39 is 0 Å². The summed E-state index contributed by atoms with van der Waals surface area (Å²) in [4.78, 5) is 15.9. The SMILES string of the molecule is Cc1ccncc1Cn1c(C)cc(C(=O)CCl)c1C. The van der Waals surface area contributed by atoms with Crippen molar-refractivity contribution in [2.24, 2.45) is 0 Å². The summed E-state index contributed by atoms with van der Waals surface area (Å²) in [5, 5.41) is 0. The Labute approximate surface area is 118 Å². The standard InChI is InChI=1S/C15H17ClN2O/c1-10-4-5-17-8-13(10)9-18-11(2)6-14(12(18)3)15(19)7-16/h4-6,8H,7,9H2,1-3H3. The van der Waals surface area contributed by atoms with Gasteiger partial charge in [-0.1, -0.05) is 0 Å². The van der Waals surface area contributed by atoms with Crippen molar-refractivity contribution in [3.05, 3.63) is 52.6 Å². The van der Waals surface area contributed by atoms with Gasteiger partial charge in [0, 0.05) is 35.9 Å². The van der Waals surface area contributed by atoms with Crippen LogP contribution in [0.1, 0.15) is 32.9 Å². The number of rotatable bonds is 4. The molecule has 0 saturated carbocycles. The van der Waals surface area contributed by atoms with E-state index in [-0.39, 0.29) is 11.7 Å². The molecule has 0 amide bonds. The quantitative estimate of drug-likeness (QED) is 0.634. The summed E-state index contributed by atoms with van der Waals surface area (Å²) in [6.45, 7) is 6.76. The molecule has 19 heavy (non-hydrogen) atoms. The van der Waals surface area contributed by atoms with E-state index in [1.807, 2.05) is 32.2 Å². The van der Waals surface area contributed by atoms with Gasteiger partial charge in [0.05, 0.1) is 5.88 Å². The molecule has 0 aliphatic carbocycles. The molecule has 0 fully saturated rings. The zero-order chi connectivity index (χ0) is 14.0. The molecule has 0 radical (unpaired) electrons. The van der Waals surface area contributed by atoms with Crippen molar-refractivity contribution in [1.29, 1.82) is 0 Å². The molecule has 2 aromatic heterocycles. The van der Waals surface area contributed by atoms with E-state index in [2.05, 4.69) is 16.5 Å². The Morgan fingerprint density at radius 2 is 2.11 bits per heavy atom. The van der Waals surface area contributed by atoms with Gasteiger partial charge < -0.3 is 4.57 Å². The number of aryl methyl sites for hydroxylation is 2. The second-order valence-corrected chi connectivity index (χ2v) is 5.00. The lowest BCUT2D eigenvalue weighted by Gasteiger charge is -2.11. The lowest BCUT2D eigenvalue weighted by molar-refractivity contribution is 0.102. The Hall–Kier alpha value is -1.61. The second kappa shape index (κ2) is 5.57. The summed E-state index contributed by atoms with van der Waals surface area (Å²) in [6.07, 6.45) is 3.66. The van der Waals surface area contributed by atoms with Gasteiger partial charge in [-0.25, -0.2) is 0 Å².